The molecule has 8 heavy (non-hydrogen) atoms. The molecule has 0 aromatic carbocycles. The molecule has 0 saturated heterocycles. The van der Waals surface area contributed by atoms with E-state index in [1.807, 2.05) is 0 Å². The van der Waals surface area contributed by atoms with E-state index in [2.05, 4.69) is 38.7 Å². The molecule has 0 fully saturated rings. The average Bonchev–Trinajstić information content (AvgIpc) is 2.16. The first-order chi connectivity index (χ1) is 3.46. The average molecular weight is 126 g/mol. The van der Waals surface area contributed by atoms with E-state index in [9.17, 15) is 0 Å². The van der Waals surface area contributed by atoms with Crippen LogP contribution in [-0.4, -0.2) is 8.07 Å². The van der Waals surface area contributed by atoms with Crippen LogP contribution >= 0.6 is 0 Å². The van der Waals surface area contributed by atoms with Crippen molar-refractivity contribution in [2.75, 3.05) is 0 Å². The second-order valence-corrected chi connectivity index (χ2v) is 9.44. The van der Waals surface area contributed by atoms with E-state index in [0.29, 0.717) is 5.04 Å². The summed E-state index contributed by atoms with van der Waals surface area (Å²) in [4.78, 5) is 0. The molecule has 0 aromatic rings. The van der Waals surface area contributed by atoms with Gasteiger partial charge in [0.1, 0.15) is 0 Å². The highest BCUT2D eigenvalue weighted by molar-refractivity contribution is 6.81. The molecule has 0 N–H and O–H groups in total. The van der Waals surface area contributed by atoms with Crippen LogP contribution in [0.2, 0.25) is 24.7 Å². The molecule has 0 aromatic heterocycles. The van der Waals surface area contributed by atoms with Crippen LogP contribution in [0.3, 0.4) is 0 Å². The molecule has 1 heteroatoms. The molecular formula is C7H14Si. The van der Waals surface area contributed by atoms with Crippen molar-refractivity contribution in [3.63, 3.8) is 0 Å². The van der Waals surface area contributed by atoms with E-state index in [1.165, 1.54) is 0 Å². The van der Waals surface area contributed by atoms with Gasteiger partial charge in [-0.25, -0.2) is 0 Å². The molecule has 0 saturated carbocycles. The first-order valence-electron chi connectivity index (χ1n) is 3.16. The number of rotatable bonds is 1. The van der Waals surface area contributed by atoms with Crippen LogP contribution < -0.4 is 0 Å². The van der Waals surface area contributed by atoms with Crippen LogP contribution in [0.1, 0.15) is 6.92 Å². The van der Waals surface area contributed by atoms with E-state index >= 15 is 0 Å². The molecule has 0 heterocycles. The normalized spacial score (nSPS) is 23.5. The van der Waals surface area contributed by atoms with Crippen molar-refractivity contribution in [1.82, 2.24) is 0 Å². The van der Waals surface area contributed by atoms with Gasteiger partial charge in [0.2, 0.25) is 0 Å². The van der Waals surface area contributed by atoms with Gasteiger partial charge in [-0.1, -0.05) is 38.7 Å². The molecule has 46 valence electrons. The topological polar surface area (TPSA) is 0 Å². The van der Waals surface area contributed by atoms with Gasteiger partial charge in [-0.2, -0.15) is 0 Å². The van der Waals surface area contributed by atoms with E-state index < -0.39 is 8.07 Å². The third kappa shape index (κ3) is 0.751. The summed E-state index contributed by atoms with van der Waals surface area (Å²) in [5.41, 5.74) is 0. The van der Waals surface area contributed by atoms with Crippen molar-refractivity contribution in [2.45, 2.75) is 31.6 Å². The van der Waals surface area contributed by atoms with Crippen LogP contribution in [0.5, 0.6) is 0 Å². The fourth-order valence-corrected chi connectivity index (χ4v) is 1.71. The Morgan fingerprint density at radius 1 is 1.12 bits per heavy atom. The Labute approximate surface area is 52.6 Å². The molecule has 0 spiro atoms. The second kappa shape index (κ2) is 1.27. The van der Waals surface area contributed by atoms with Crippen molar-refractivity contribution in [3.8, 4) is 0 Å². The van der Waals surface area contributed by atoms with Gasteiger partial charge in [0, 0.05) is 0 Å². The molecular weight excluding hydrogens is 112 g/mol. The Bertz CT molecular complexity index is 119. The smallest absolute Gasteiger partial charge is 0.0593 e. The van der Waals surface area contributed by atoms with E-state index in [4.69, 9.17) is 0 Å². The Morgan fingerprint density at radius 2 is 1.50 bits per heavy atom. The summed E-state index contributed by atoms with van der Waals surface area (Å²) in [7, 11) is -0.859. The van der Waals surface area contributed by atoms with Crippen LogP contribution in [-0.2, 0) is 0 Å². The van der Waals surface area contributed by atoms with Crippen molar-refractivity contribution in [1.29, 1.82) is 0 Å². The zero-order valence-electron chi connectivity index (χ0n) is 6.15. The summed E-state index contributed by atoms with van der Waals surface area (Å²) >= 11 is 0. The van der Waals surface area contributed by atoms with Gasteiger partial charge in [-0.3, -0.25) is 0 Å². The summed E-state index contributed by atoms with van der Waals surface area (Å²) in [6.45, 7) is 9.56. The Morgan fingerprint density at radius 3 is 1.50 bits per heavy atom. The largest absolute Gasteiger partial charge is 0.0810 e. The molecule has 0 radical (unpaired) electrons. The lowest BCUT2D eigenvalue weighted by atomic mass is 10.4. The minimum Gasteiger partial charge on any atom is -0.0810 e. The lowest BCUT2D eigenvalue weighted by molar-refractivity contribution is 1.04. The maximum atomic E-state index is 2.41. The van der Waals surface area contributed by atoms with Gasteiger partial charge in [0.15, 0.2) is 0 Å². The lowest BCUT2D eigenvalue weighted by Crippen LogP contribution is -2.28. The number of allylic oxidation sites excluding steroid dienone is 2. The molecule has 0 bridgehead atoms. The number of hydrogen-bond acceptors (Lipinski definition) is 0. The van der Waals surface area contributed by atoms with Gasteiger partial charge >= 0.3 is 0 Å². The Kier molecular flexibility index (Phi) is 0.964. The highest BCUT2D eigenvalue weighted by Gasteiger charge is 2.41. The highest BCUT2D eigenvalue weighted by Crippen LogP contribution is 2.50. The summed E-state index contributed by atoms with van der Waals surface area (Å²) < 4.78 is 0. The Hall–Kier alpha value is -0.0431. The van der Waals surface area contributed by atoms with E-state index in [0.717, 1.165) is 0 Å². The summed E-state index contributed by atoms with van der Waals surface area (Å²) in [6.07, 6.45) is 4.67. The van der Waals surface area contributed by atoms with E-state index in [1.54, 1.807) is 0 Å². The highest BCUT2D eigenvalue weighted by atomic mass is 28.3. The minimum atomic E-state index is -0.859. The quantitative estimate of drug-likeness (QED) is 0.374. The van der Waals surface area contributed by atoms with Crippen molar-refractivity contribution in [3.05, 3.63) is 12.2 Å². The van der Waals surface area contributed by atoms with Gasteiger partial charge in [0.25, 0.3) is 0 Å². The molecule has 1 rings (SSSR count). The van der Waals surface area contributed by atoms with Crippen LogP contribution in [0, 0.1) is 0 Å². The summed E-state index contributed by atoms with van der Waals surface area (Å²) in [5.74, 6) is 0. The molecule has 0 aliphatic heterocycles. The Balaban J connectivity index is 2.61. The summed E-state index contributed by atoms with van der Waals surface area (Å²) in [5, 5.41) is 0.576. The SMILES string of the molecule is CC1([Si](C)(C)C)C=C1. The predicted molar refractivity (Wildman–Crippen MR) is 40.9 cm³/mol. The van der Waals surface area contributed by atoms with Crippen molar-refractivity contribution < 1.29 is 0 Å². The van der Waals surface area contributed by atoms with Crippen LogP contribution in [0.4, 0.5) is 0 Å². The van der Waals surface area contributed by atoms with Crippen molar-refractivity contribution in [2.24, 2.45) is 0 Å². The van der Waals surface area contributed by atoms with Gasteiger partial charge in [-0.05, 0) is 5.04 Å². The predicted octanol–water partition coefficient (Wildman–Crippen LogP) is 2.65. The van der Waals surface area contributed by atoms with Gasteiger partial charge in [-0.15, -0.1) is 0 Å². The van der Waals surface area contributed by atoms with Gasteiger partial charge in [0.05, 0.1) is 8.07 Å². The maximum absolute atomic E-state index is 2.41. The third-order valence-electron chi connectivity index (χ3n) is 2.28. The van der Waals surface area contributed by atoms with E-state index in [-0.39, 0.29) is 0 Å². The van der Waals surface area contributed by atoms with Crippen LogP contribution in [0.15, 0.2) is 12.2 Å². The first kappa shape index (κ1) is 6.08. The molecule has 0 nitrogen and oxygen atoms in total. The van der Waals surface area contributed by atoms with Crippen LogP contribution in [0.25, 0.3) is 0 Å². The molecule has 0 amide bonds. The second-order valence-electron chi connectivity index (χ2n) is 3.87. The minimum absolute atomic E-state index is 0.576. The summed E-state index contributed by atoms with van der Waals surface area (Å²) in [6, 6.07) is 0. The fraction of sp³-hybridized carbons (Fsp3) is 0.714. The zero-order chi connectivity index (χ0) is 6.41. The molecule has 0 atom stereocenters. The maximum Gasteiger partial charge on any atom is 0.0593 e. The van der Waals surface area contributed by atoms with Gasteiger partial charge < -0.3 is 0 Å². The molecule has 1 aliphatic carbocycles. The fourth-order valence-electron chi connectivity index (χ4n) is 0.625. The first-order valence-corrected chi connectivity index (χ1v) is 6.66. The monoisotopic (exact) mass is 126 g/mol. The zero-order valence-corrected chi connectivity index (χ0v) is 7.15. The third-order valence-corrected chi connectivity index (χ3v) is 5.85. The number of hydrogen-bond donors (Lipinski definition) is 0. The lowest BCUT2D eigenvalue weighted by Gasteiger charge is -2.24. The molecule has 0 unspecified atom stereocenters. The standard InChI is InChI=1S/C7H14Si/c1-7(5-6-7)8(2,3)4/h5-6H,1-4H3. The van der Waals surface area contributed by atoms with Crippen molar-refractivity contribution >= 4 is 8.07 Å². The molecule has 1 aliphatic rings.